The van der Waals surface area contributed by atoms with Crippen molar-refractivity contribution in [1.82, 2.24) is 5.32 Å². The van der Waals surface area contributed by atoms with Gasteiger partial charge in [0.2, 0.25) is 5.91 Å². The normalized spacial score (nSPS) is 13.6. The molecule has 1 atom stereocenters. The van der Waals surface area contributed by atoms with Gasteiger partial charge in [-0.1, -0.05) is 0 Å². The van der Waals surface area contributed by atoms with Crippen molar-refractivity contribution >= 4 is 17.5 Å². The third-order valence-electron chi connectivity index (χ3n) is 1.76. The Bertz CT molecular complexity index is 204. The molecule has 0 rings (SSSR count). The van der Waals surface area contributed by atoms with Gasteiger partial charge < -0.3 is 14.8 Å². The molecule has 0 aromatic heterocycles. The molecule has 4 nitrogen and oxygen atoms in total. The molecule has 16 heavy (non-hydrogen) atoms. The molecule has 0 bridgehead atoms. The second-order valence-electron chi connectivity index (χ2n) is 4.59. The van der Waals surface area contributed by atoms with Crippen LogP contribution < -0.4 is 5.32 Å². The highest BCUT2D eigenvalue weighted by Crippen LogP contribution is 2.05. The lowest BCUT2D eigenvalue weighted by atomic mass is 10.2. The number of hydrogen-bond donors (Lipinski definition) is 1. The second-order valence-corrected chi connectivity index (χ2v) is 5.21. The highest BCUT2D eigenvalue weighted by Gasteiger charge is 2.12. The van der Waals surface area contributed by atoms with Crippen LogP contribution in [0.1, 0.15) is 27.2 Å². The van der Waals surface area contributed by atoms with Gasteiger partial charge in [0.25, 0.3) is 0 Å². The average Bonchev–Trinajstić information content (AvgIpc) is 2.14. The molecule has 0 aliphatic carbocycles. The molecule has 0 fully saturated rings. The lowest BCUT2D eigenvalue weighted by Gasteiger charge is -2.19. The second kappa shape index (κ2) is 7.87. The number of halogens is 1. The van der Waals surface area contributed by atoms with Crippen LogP contribution in [-0.4, -0.2) is 43.8 Å². The van der Waals surface area contributed by atoms with Crippen LogP contribution >= 0.6 is 11.6 Å². The summed E-state index contributed by atoms with van der Waals surface area (Å²) in [7, 11) is 1.60. The number of ether oxygens (including phenoxy) is 2. The Morgan fingerprint density at radius 2 is 2.06 bits per heavy atom. The lowest BCUT2D eigenvalue weighted by molar-refractivity contribution is -0.130. The van der Waals surface area contributed by atoms with Gasteiger partial charge in [0, 0.05) is 13.7 Å². The summed E-state index contributed by atoms with van der Waals surface area (Å²) in [5.74, 6) is -0.115. The zero-order valence-corrected chi connectivity index (χ0v) is 11.3. The highest BCUT2D eigenvalue weighted by atomic mass is 35.5. The van der Waals surface area contributed by atoms with Gasteiger partial charge in [-0.25, -0.2) is 0 Å². The fourth-order valence-electron chi connectivity index (χ4n) is 0.965. The molecule has 0 saturated heterocycles. The van der Waals surface area contributed by atoms with Gasteiger partial charge in [-0.15, -0.1) is 11.6 Å². The van der Waals surface area contributed by atoms with Gasteiger partial charge in [0.05, 0.1) is 17.6 Å². The Morgan fingerprint density at radius 1 is 1.44 bits per heavy atom. The zero-order chi connectivity index (χ0) is 12.6. The zero-order valence-electron chi connectivity index (χ0n) is 10.5. The molecule has 1 unspecified atom stereocenters. The van der Waals surface area contributed by atoms with Gasteiger partial charge in [0.1, 0.15) is 6.61 Å². The molecule has 0 heterocycles. The first-order chi connectivity index (χ1) is 7.35. The van der Waals surface area contributed by atoms with Crippen molar-refractivity contribution in [2.24, 2.45) is 0 Å². The minimum Gasteiger partial charge on any atom is -0.383 e. The van der Waals surface area contributed by atoms with Gasteiger partial charge in [-0.2, -0.15) is 0 Å². The van der Waals surface area contributed by atoms with E-state index in [1.807, 2.05) is 20.8 Å². The summed E-state index contributed by atoms with van der Waals surface area (Å²) in [5.41, 5.74) is -0.289. The predicted octanol–water partition coefficient (Wildman–Crippen LogP) is 1.56. The number of alkyl halides is 1. The van der Waals surface area contributed by atoms with Crippen molar-refractivity contribution < 1.29 is 14.3 Å². The van der Waals surface area contributed by atoms with Crippen LogP contribution in [0.4, 0.5) is 0 Å². The molecule has 1 amide bonds. The lowest BCUT2D eigenvalue weighted by Crippen LogP contribution is -2.33. The molecule has 0 aromatic rings. The van der Waals surface area contributed by atoms with Crippen LogP contribution in [0, 0.1) is 0 Å². The van der Waals surface area contributed by atoms with Crippen molar-refractivity contribution in [2.75, 3.05) is 26.9 Å². The van der Waals surface area contributed by atoms with E-state index in [4.69, 9.17) is 21.1 Å². The smallest absolute Gasteiger partial charge is 0.246 e. The number of amides is 1. The molecule has 5 heteroatoms. The summed E-state index contributed by atoms with van der Waals surface area (Å²) >= 11 is 5.91. The number of carbonyl (C=O) groups excluding carboxylic acids is 1. The quantitative estimate of drug-likeness (QED) is 0.699. The summed E-state index contributed by atoms with van der Waals surface area (Å²) < 4.78 is 10.2. The average molecular weight is 252 g/mol. The largest absolute Gasteiger partial charge is 0.383 e. The van der Waals surface area contributed by atoms with Crippen LogP contribution in [-0.2, 0) is 14.3 Å². The van der Waals surface area contributed by atoms with Crippen LogP contribution in [0.3, 0.4) is 0 Å². The molecule has 0 spiro atoms. The summed E-state index contributed by atoms with van der Waals surface area (Å²) in [6.45, 7) is 6.86. The molecular weight excluding hydrogens is 230 g/mol. The predicted molar refractivity (Wildman–Crippen MR) is 64.8 cm³/mol. The maximum Gasteiger partial charge on any atom is 0.246 e. The summed E-state index contributed by atoms with van der Waals surface area (Å²) in [4.78, 5) is 11.3. The van der Waals surface area contributed by atoms with Gasteiger partial charge in [-0.3, -0.25) is 4.79 Å². The van der Waals surface area contributed by atoms with Gasteiger partial charge >= 0.3 is 0 Å². The minimum atomic E-state index is -0.289. The Balaban J connectivity index is 3.51. The highest BCUT2D eigenvalue weighted by molar-refractivity contribution is 6.20. The van der Waals surface area contributed by atoms with E-state index in [1.165, 1.54) is 0 Å². The first-order valence-electron chi connectivity index (χ1n) is 5.39. The Labute approximate surface area is 103 Å². The number of hydrogen-bond acceptors (Lipinski definition) is 3. The van der Waals surface area contributed by atoms with Crippen LogP contribution in [0.2, 0.25) is 0 Å². The molecule has 96 valence electrons. The first kappa shape index (κ1) is 15.7. The van der Waals surface area contributed by atoms with Crippen LogP contribution in [0.15, 0.2) is 0 Å². The standard InChI is InChI=1S/C11H22ClNO3/c1-11(2,3)16-8-10(14)13-6-5-9(12)7-15-4/h9H,5-8H2,1-4H3,(H,13,14). The van der Waals surface area contributed by atoms with Crippen molar-refractivity contribution in [3.8, 4) is 0 Å². The SMILES string of the molecule is COCC(Cl)CCNC(=O)COC(C)(C)C. The summed E-state index contributed by atoms with van der Waals surface area (Å²) in [6, 6.07) is 0. The maximum atomic E-state index is 11.3. The molecule has 0 aliphatic heterocycles. The number of methoxy groups -OCH3 is 1. The molecular formula is C11H22ClNO3. The van der Waals surface area contributed by atoms with Crippen LogP contribution in [0.25, 0.3) is 0 Å². The van der Waals surface area contributed by atoms with E-state index in [1.54, 1.807) is 7.11 Å². The topological polar surface area (TPSA) is 47.6 Å². The summed E-state index contributed by atoms with van der Waals surface area (Å²) in [5, 5.41) is 2.68. The van der Waals surface area contributed by atoms with Gasteiger partial charge in [-0.05, 0) is 27.2 Å². The maximum absolute atomic E-state index is 11.3. The number of rotatable bonds is 7. The van der Waals surface area contributed by atoms with Gasteiger partial charge in [0.15, 0.2) is 0 Å². The van der Waals surface area contributed by atoms with E-state index >= 15 is 0 Å². The molecule has 1 N–H and O–H groups in total. The third kappa shape index (κ3) is 10.2. The number of nitrogens with one attached hydrogen (secondary N) is 1. The number of carbonyl (C=O) groups is 1. The molecule has 0 saturated carbocycles. The van der Waals surface area contributed by atoms with E-state index in [2.05, 4.69) is 5.32 Å². The van der Waals surface area contributed by atoms with E-state index in [0.29, 0.717) is 19.6 Å². The minimum absolute atomic E-state index is 0.0613. The van der Waals surface area contributed by atoms with E-state index in [-0.39, 0.29) is 23.5 Å². The summed E-state index contributed by atoms with van der Waals surface area (Å²) in [6.07, 6.45) is 0.691. The van der Waals surface area contributed by atoms with Crippen molar-refractivity contribution in [3.63, 3.8) is 0 Å². The van der Waals surface area contributed by atoms with E-state index in [0.717, 1.165) is 0 Å². The fraction of sp³-hybridized carbons (Fsp3) is 0.909. The van der Waals surface area contributed by atoms with Crippen molar-refractivity contribution in [2.45, 2.75) is 38.2 Å². The first-order valence-corrected chi connectivity index (χ1v) is 5.82. The van der Waals surface area contributed by atoms with E-state index in [9.17, 15) is 4.79 Å². The molecule has 0 radical (unpaired) electrons. The van der Waals surface area contributed by atoms with Crippen molar-refractivity contribution in [1.29, 1.82) is 0 Å². The fourth-order valence-corrected chi connectivity index (χ4v) is 1.20. The Morgan fingerprint density at radius 3 is 2.56 bits per heavy atom. The van der Waals surface area contributed by atoms with Crippen molar-refractivity contribution in [3.05, 3.63) is 0 Å². The monoisotopic (exact) mass is 251 g/mol. The van der Waals surface area contributed by atoms with E-state index < -0.39 is 0 Å². The third-order valence-corrected chi connectivity index (χ3v) is 2.11. The Kier molecular flexibility index (Phi) is 7.72. The molecule has 0 aliphatic rings. The molecule has 0 aromatic carbocycles. The Hall–Kier alpha value is -0.320. The van der Waals surface area contributed by atoms with Crippen LogP contribution in [0.5, 0.6) is 0 Å².